The second-order valence-corrected chi connectivity index (χ2v) is 11.0. The van der Waals surface area contributed by atoms with Gasteiger partial charge in [-0.3, -0.25) is 13.9 Å². The van der Waals surface area contributed by atoms with E-state index in [4.69, 9.17) is 16.3 Å². The van der Waals surface area contributed by atoms with Gasteiger partial charge in [0.25, 0.3) is 0 Å². The van der Waals surface area contributed by atoms with Crippen molar-refractivity contribution >= 4 is 39.1 Å². The predicted octanol–water partition coefficient (Wildman–Crippen LogP) is 4.23. The fourth-order valence-corrected chi connectivity index (χ4v) is 4.76. The van der Waals surface area contributed by atoms with Crippen molar-refractivity contribution in [1.82, 2.24) is 10.2 Å². The van der Waals surface area contributed by atoms with E-state index in [0.717, 1.165) is 24.7 Å². The van der Waals surface area contributed by atoms with Crippen molar-refractivity contribution < 1.29 is 22.7 Å². The summed E-state index contributed by atoms with van der Waals surface area (Å²) >= 11 is 5.99. The van der Waals surface area contributed by atoms with Gasteiger partial charge in [0.2, 0.25) is 21.8 Å². The Labute approximate surface area is 219 Å². The third-order valence-electron chi connectivity index (χ3n) is 5.76. The number of halogens is 1. The molecule has 0 aliphatic heterocycles. The molecule has 2 aromatic carbocycles. The average Bonchev–Trinajstić information content (AvgIpc) is 2.85. The second-order valence-electron chi connectivity index (χ2n) is 8.61. The number of hydrogen-bond donors (Lipinski definition) is 1. The van der Waals surface area contributed by atoms with E-state index in [9.17, 15) is 18.0 Å². The van der Waals surface area contributed by atoms with Gasteiger partial charge in [0.05, 0.1) is 19.1 Å². The molecule has 0 radical (unpaired) electrons. The number of amides is 2. The normalized spacial score (nSPS) is 12.0. The minimum Gasteiger partial charge on any atom is -0.497 e. The molecule has 0 spiro atoms. The van der Waals surface area contributed by atoms with Gasteiger partial charge in [0, 0.05) is 37.1 Å². The fraction of sp³-hybridized carbons (Fsp3) is 0.462. The first-order valence-corrected chi connectivity index (χ1v) is 14.2. The van der Waals surface area contributed by atoms with Crippen molar-refractivity contribution in [1.29, 1.82) is 0 Å². The molecule has 2 rings (SSSR count). The van der Waals surface area contributed by atoms with Crippen molar-refractivity contribution in [3.63, 3.8) is 0 Å². The van der Waals surface area contributed by atoms with Gasteiger partial charge in [-0.05, 0) is 49.6 Å². The van der Waals surface area contributed by atoms with Crippen LogP contribution < -0.4 is 14.4 Å². The number of carbonyl (C=O) groups is 2. The number of anilines is 1. The maximum absolute atomic E-state index is 13.3. The van der Waals surface area contributed by atoms with E-state index in [0.29, 0.717) is 23.0 Å². The van der Waals surface area contributed by atoms with Crippen molar-refractivity contribution in [2.45, 2.75) is 52.1 Å². The van der Waals surface area contributed by atoms with Crippen LogP contribution in [0.15, 0.2) is 48.5 Å². The monoisotopic (exact) mass is 537 g/mol. The summed E-state index contributed by atoms with van der Waals surface area (Å²) in [6.45, 7) is 4.64. The first-order valence-electron chi connectivity index (χ1n) is 12.0. The molecule has 198 valence electrons. The van der Waals surface area contributed by atoms with Gasteiger partial charge < -0.3 is 15.0 Å². The predicted molar refractivity (Wildman–Crippen MR) is 144 cm³/mol. The van der Waals surface area contributed by atoms with Crippen LogP contribution in [0.5, 0.6) is 5.75 Å². The van der Waals surface area contributed by atoms with E-state index >= 15 is 0 Å². The molecule has 2 amide bonds. The van der Waals surface area contributed by atoms with Crippen molar-refractivity contribution in [3.8, 4) is 5.75 Å². The molecule has 0 aliphatic rings. The van der Waals surface area contributed by atoms with Gasteiger partial charge in [-0.25, -0.2) is 8.42 Å². The van der Waals surface area contributed by atoms with E-state index in [1.54, 1.807) is 43.3 Å². The Morgan fingerprint density at radius 3 is 2.42 bits per heavy atom. The summed E-state index contributed by atoms with van der Waals surface area (Å²) in [6.07, 6.45) is 3.30. The zero-order valence-corrected chi connectivity index (χ0v) is 22.9. The van der Waals surface area contributed by atoms with Crippen LogP contribution in [0.4, 0.5) is 5.69 Å². The Kier molecular flexibility index (Phi) is 11.5. The molecule has 1 atom stereocenters. The highest BCUT2D eigenvalue weighted by molar-refractivity contribution is 7.92. The molecule has 36 heavy (non-hydrogen) atoms. The smallest absolute Gasteiger partial charge is 0.242 e. The van der Waals surface area contributed by atoms with E-state index in [2.05, 4.69) is 5.32 Å². The van der Waals surface area contributed by atoms with Gasteiger partial charge in [0.15, 0.2) is 0 Å². The van der Waals surface area contributed by atoms with E-state index in [-0.39, 0.29) is 37.7 Å². The summed E-state index contributed by atoms with van der Waals surface area (Å²) in [5, 5.41) is 3.47. The SMILES string of the molecule is CCCCNC(=O)[C@H](C)N(Cc1ccc(Cl)cc1)C(=O)CCCN(c1cccc(OC)c1)S(C)(=O)=O. The molecule has 1 N–H and O–H groups in total. The number of methoxy groups -OCH3 is 1. The number of benzene rings is 2. The number of carbonyl (C=O) groups excluding carboxylic acids is 2. The summed E-state index contributed by atoms with van der Waals surface area (Å²) in [5.41, 5.74) is 1.31. The Balaban J connectivity index is 2.15. The number of nitrogens with zero attached hydrogens (tertiary/aromatic N) is 2. The van der Waals surface area contributed by atoms with Gasteiger partial charge in [-0.2, -0.15) is 0 Å². The van der Waals surface area contributed by atoms with Gasteiger partial charge >= 0.3 is 0 Å². The van der Waals surface area contributed by atoms with Crippen LogP contribution in [0.25, 0.3) is 0 Å². The number of rotatable bonds is 14. The summed E-state index contributed by atoms with van der Waals surface area (Å²) in [6, 6.07) is 13.2. The maximum atomic E-state index is 13.3. The molecule has 0 saturated heterocycles. The molecule has 10 heteroatoms. The summed E-state index contributed by atoms with van der Waals surface area (Å²) in [7, 11) is -2.07. The molecule has 2 aromatic rings. The van der Waals surface area contributed by atoms with Crippen LogP contribution in [0.2, 0.25) is 5.02 Å². The molecule has 0 aliphatic carbocycles. The minimum absolute atomic E-state index is 0.0795. The summed E-state index contributed by atoms with van der Waals surface area (Å²) < 4.78 is 31.4. The van der Waals surface area contributed by atoms with Gasteiger partial charge in [0.1, 0.15) is 11.8 Å². The molecule has 0 heterocycles. The van der Waals surface area contributed by atoms with E-state index < -0.39 is 16.1 Å². The molecular weight excluding hydrogens is 502 g/mol. The number of nitrogens with one attached hydrogen (secondary N) is 1. The van der Waals surface area contributed by atoms with Crippen LogP contribution >= 0.6 is 11.6 Å². The maximum Gasteiger partial charge on any atom is 0.242 e. The number of hydrogen-bond acceptors (Lipinski definition) is 5. The minimum atomic E-state index is -3.58. The topological polar surface area (TPSA) is 96.0 Å². The Hall–Kier alpha value is -2.78. The third kappa shape index (κ3) is 9.02. The zero-order chi connectivity index (χ0) is 26.7. The lowest BCUT2D eigenvalue weighted by molar-refractivity contribution is -0.140. The van der Waals surface area contributed by atoms with Crippen molar-refractivity contribution in [2.75, 3.05) is 30.8 Å². The second kappa shape index (κ2) is 14.1. The highest BCUT2D eigenvalue weighted by atomic mass is 35.5. The van der Waals surface area contributed by atoms with Gasteiger partial charge in [-0.1, -0.05) is 43.1 Å². The Bertz CT molecular complexity index is 1110. The average molecular weight is 538 g/mol. The number of unbranched alkanes of at least 4 members (excludes halogenated alkanes) is 1. The Morgan fingerprint density at radius 1 is 1.11 bits per heavy atom. The lowest BCUT2D eigenvalue weighted by atomic mass is 10.1. The van der Waals surface area contributed by atoms with Crippen LogP contribution in [0.1, 0.15) is 45.1 Å². The van der Waals surface area contributed by atoms with Crippen LogP contribution in [-0.4, -0.2) is 57.6 Å². The van der Waals surface area contributed by atoms with Gasteiger partial charge in [-0.15, -0.1) is 0 Å². The lowest BCUT2D eigenvalue weighted by Gasteiger charge is -2.29. The quantitative estimate of drug-likeness (QED) is 0.364. The van der Waals surface area contributed by atoms with Crippen molar-refractivity contribution in [2.24, 2.45) is 0 Å². The van der Waals surface area contributed by atoms with Crippen LogP contribution in [0.3, 0.4) is 0 Å². The molecular formula is C26H36ClN3O5S. The summed E-state index contributed by atoms with van der Waals surface area (Å²) in [4.78, 5) is 27.6. The van der Waals surface area contributed by atoms with E-state index in [1.807, 2.05) is 19.1 Å². The Morgan fingerprint density at radius 2 is 1.81 bits per heavy atom. The molecule has 8 nitrogen and oxygen atoms in total. The fourth-order valence-electron chi connectivity index (χ4n) is 3.67. The lowest BCUT2D eigenvalue weighted by Crippen LogP contribution is -2.47. The molecule has 0 fully saturated rings. The van der Waals surface area contributed by atoms with Crippen molar-refractivity contribution in [3.05, 3.63) is 59.1 Å². The third-order valence-corrected chi connectivity index (χ3v) is 7.20. The number of ether oxygens (including phenoxy) is 1. The van der Waals surface area contributed by atoms with Crippen LogP contribution in [-0.2, 0) is 26.2 Å². The standard InChI is InChI=1S/C26H36ClN3O5S/c1-5-6-16-28-26(32)20(2)29(19-21-12-14-22(27)15-13-21)25(31)11-8-17-30(36(4,33)34)23-9-7-10-24(18-23)35-3/h7,9-10,12-15,18,20H,5-6,8,11,16-17,19H2,1-4H3,(H,28,32)/t20-/m0/s1. The first-order chi connectivity index (χ1) is 17.1. The highest BCUT2D eigenvalue weighted by Crippen LogP contribution is 2.24. The van der Waals surface area contributed by atoms with E-state index in [1.165, 1.54) is 16.3 Å². The largest absolute Gasteiger partial charge is 0.497 e. The number of sulfonamides is 1. The summed E-state index contributed by atoms with van der Waals surface area (Å²) in [5.74, 6) is 0.0800. The molecule has 0 aromatic heterocycles. The zero-order valence-electron chi connectivity index (χ0n) is 21.4. The first kappa shape index (κ1) is 29.5. The highest BCUT2D eigenvalue weighted by Gasteiger charge is 2.26. The molecule has 0 unspecified atom stereocenters. The molecule has 0 saturated carbocycles. The van der Waals surface area contributed by atoms with Crippen LogP contribution in [0, 0.1) is 0 Å². The molecule has 0 bridgehead atoms.